The van der Waals surface area contributed by atoms with Gasteiger partial charge in [0.25, 0.3) is 0 Å². The van der Waals surface area contributed by atoms with Gasteiger partial charge in [0.2, 0.25) is 0 Å². The highest BCUT2D eigenvalue weighted by atomic mass is 32.1. The Bertz CT molecular complexity index is 491. The maximum atomic E-state index is 4.67. The monoisotopic (exact) mass is 260 g/mol. The standard InChI is InChI=1S/C13H16N4S/c1-2-4-15-12(3-1)13-16-11(10-18-13)9-17-7-5-14-6-8-17/h1-4,10,14H,5-9H2. The molecule has 18 heavy (non-hydrogen) atoms. The first-order chi connectivity index (χ1) is 8.92. The van der Waals surface area contributed by atoms with Gasteiger partial charge in [-0.2, -0.15) is 0 Å². The molecule has 1 fully saturated rings. The molecule has 0 amide bonds. The molecule has 1 aliphatic heterocycles. The number of nitrogens with one attached hydrogen (secondary N) is 1. The Morgan fingerprint density at radius 2 is 2.17 bits per heavy atom. The molecule has 0 aliphatic carbocycles. The molecule has 2 aromatic heterocycles. The van der Waals surface area contributed by atoms with Gasteiger partial charge < -0.3 is 5.32 Å². The molecule has 0 radical (unpaired) electrons. The van der Waals surface area contributed by atoms with E-state index in [1.54, 1.807) is 11.3 Å². The molecule has 1 N–H and O–H groups in total. The first-order valence-electron chi connectivity index (χ1n) is 6.21. The Labute approximate surface area is 111 Å². The maximum absolute atomic E-state index is 4.67. The van der Waals surface area contributed by atoms with Crippen LogP contribution in [0.3, 0.4) is 0 Å². The van der Waals surface area contributed by atoms with E-state index >= 15 is 0 Å². The minimum absolute atomic E-state index is 0.949. The van der Waals surface area contributed by atoms with Gasteiger partial charge in [-0.15, -0.1) is 11.3 Å². The Morgan fingerprint density at radius 1 is 1.28 bits per heavy atom. The van der Waals surface area contributed by atoms with Crippen LogP contribution in [-0.2, 0) is 6.54 Å². The molecule has 0 atom stereocenters. The van der Waals surface area contributed by atoms with Gasteiger partial charge >= 0.3 is 0 Å². The molecule has 0 unspecified atom stereocenters. The van der Waals surface area contributed by atoms with Gasteiger partial charge in [-0.3, -0.25) is 9.88 Å². The molecular weight excluding hydrogens is 244 g/mol. The zero-order chi connectivity index (χ0) is 12.2. The van der Waals surface area contributed by atoms with E-state index in [4.69, 9.17) is 0 Å². The summed E-state index contributed by atoms with van der Waals surface area (Å²) in [5.41, 5.74) is 2.12. The van der Waals surface area contributed by atoms with Crippen LogP contribution in [0.4, 0.5) is 0 Å². The smallest absolute Gasteiger partial charge is 0.142 e. The van der Waals surface area contributed by atoms with Gasteiger partial charge in [0, 0.05) is 44.3 Å². The number of thiazole rings is 1. The van der Waals surface area contributed by atoms with Crippen molar-refractivity contribution in [1.29, 1.82) is 0 Å². The molecule has 0 spiro atoms. The van der Waals surface area contributed by atoms with E-state index in [-0.39, 0.29) is 0 Å². The molecule has 0 saturated carbocycles. The number of hydrogen-bond donors (Lipinski definition) is 1. The SMILES string of the molecule is c1ccc(-c2nc(CN3CCNCC3)cs2)nc1. The highest BCUT2D eigenvalue weighted by Crippen LogP contribution is 2.22. The second-order valence-corrected chi connectivity index (χ2v) is 5.24. The van der Waals surface area contributed by atoms with Gasteiger partial charge in [-0.1, -0.05) is 6.07 Å². The lowest BCUT2D eigenvalue weighted by molar-refractivity contribution is 0.231. The number of hydrogen-bond acceptors (Lipinski definition) is 5. The summed E-state index contributed by atoms with van der Waals surface area (Å²) in [4.78, 5) is 11.4. The predicted molar refractivity (Wildman–Crippen MR) is 73.5 cm³/mol. The molecule has 0 aromatic carbocycles. The number of pyridine rings is 1. The summed E-state index contributed by atoms with van der Waals surface area (Å²) in [5, 5.41) is 6.52. The van der Waals surface area contributed by atoms with E-state index in [1.165, 1.54) is 0 Å². The van der Waals surface area contributed by atoms with Gasteiger partial charge in [0.1, 0.15) is 5.01 Å². The van der Waals surface area contributed by atoms with Crippen molar-refractivity contribution in [2.75, 3.05) is 26.2 Å². The summed E-state index contributed by atoms with van der Waals surface area (Å²) in [5.74, 6) is 0. The predicted octanol–water partition coefficient (Wildman–Crippen LogP) is 1.61. The van der Waals surface area contributed by atoms with E-state index in [9.17, 15) is 0 Å². The molecule has 3 heterocycles. The van der Waals surface area contributed by atoms with Crippen LogP contribution in [-0.4, -0.2) is 41.0 Å². The van der Waals surface area contributed by atoms with Crippen LogP contribution in [0.5, 0.6) is 0 Å². The summed E-state index contributed by atoms with van der Waals surface area (Å²) < 4.78 is 0. The Balaban J connectivity index is 1.69. The van der Waals surface area contributed by atoms with Crippen molar-refractivity contribution in [2.24, 2.45) is 0 Å². The minimum Gasteiger partial charge on any atom is -0.314 e. The van der Waals surface area contributed by atoms with Crippen molar-refractivity contribution in [2.45, 2.75) is 6.54 Å². The summed E-state index contributed by atoms with van der Waals surface area (Å²) in [7, 11) is 0. The van der Waals surface area contributed by atoms with Crippen LogP contribution in [0.2, 0.25) is 0 Å². The van der Waals surface area contributed by atoms with E-state index in [2.05, 4.69) is 25.6 Å². The Morgan fingerprint density at radius 3 is 2.94 bits per heavy atom. The largest absolute Gasteiger partial charge is 0.314 e. The third-order valence-electron chi connectivity index (χ3n) is 3.03. The van der Waals surface area contributed by atoms with Crippen LogP contribution in [0, 0.1) is 0 Å². The highest BCUT2D eigenvalue weighted by molar-refractivity contribution is 7.13. The zero-order valence-corrected chi connectivity index (χ0v) is 11.0. The highest BCUT2D eigenvalue weighted by Gasteiger charge is 2.12. The third kappa shape index (κ3) is 2.75. The lowest BCUT2D eigenvalue weighted by Gasteiger charge is -2.26. The molecule has 1 aliphatic rings. The fraction of sp³-hybridized carbons (Fsp3) is 0.385. The van der Waals surface area contributed by atoms with Gasteiger partial charge in [0.15, 0.2) is 0 Å². The van der Waals surface area contributed by atoms with Crippen LogP contribution in [0.15, 0.2) is 29.8 Å². The van der Waals surface area contributed by atoms with Crippen LogP contribution in [0.25, 0.3) is 10.7 Å². The molecule has 94 valence electrons. The van der Waals surface area contributed by atoms with E-state index in [1.807, 2.05) is 24.4 Å². The normalized spacial score (nSPS) is 16.9. The molecule has 3 rings (SSSR count). The fourth-order valence-corrected chi connectivity index (χ4v) is 2.87. The summed E-state index contributed by atoms with van der Waals surface area (Å²) in [6.45, 7) is 5.33. The summed E-state index contributed by atoms with van der Waals surface area (Å²) in [6.07, 6.45) is 1.81. The molecular formula is C13H16N4S. The van der Waals surface area contributed by atoms with Gasteiger partial charge in [0.05, 0.1) is 11.4 Å². The maximum Gasteiger partial charge on any atom is 0.142 e. The molecule has 4 nitrogen and oxygen atoms in total. The molecule has 0 bridgehead atoms. The van der Waals surface area contributed by atoms with Crippen molar-refractivity contribution < 1.29 is 0 Å². The number of piperazine rings is 1. The third-order valence-corrected chi connectivity index (χ3v) is 3.94. The average Bonchev–Trinajstić information content (AvgIpc) is 2.89. The van der Waals surface area contributed by atoms with Crippen molar-refractivity contribution in [3.63, 3.8) is 0 Å². The van der Waals surface area contributed by atoms with Crippen molar-refractivity contribution in [1.82, 2.24) is 20.2 Å². The van der Waals surface area contributed by atoms with E-state index in [0.29, 0.717) is 0 Å². The van der Waals surface area contributed by atoms with E-state index < -0.39 is 0 Å². The van der Waals surface area contributed by atoms with Gasteiger partial charge in [-0.05, 0) is 12.1 Å². The second kappa shape index (κ2) is 5.56. The summed E-state index contributed by atoms with van der Waals surface area (Å²) in [6, 6.07) is 5.94. The Kier molecular flexibility index (Phi) is 3.64. The second-order valence-electron chi connectivity index (χ2n) is 4.39. The van der Waals surface area contributed by atoms with Crippen LogP contribution in [0.1, 0.15) is 5.69 Å². The lowest BCUT2D eigenvalue weighted by atomic mass is 10.3. The van der Waals surface area contributed by atoms with Crippen LogP contribution >= 0.6 is 11.3 Å². The lowest BCUT2D eigenvalue weighted by Crippen LogP contribution is -2.42. The minimum atomic E-state index is 0.949. The number of nitrogens with zero attached hydrogens (tertiary/aromatic N) is 3. The van der Waals surface area contributed by atoms with E-state index in [0.717, 1.165) is 49.1 Å². The summed E-state index contributed by atoms with van der Waals surface area (Å²) >= 11 is 1.68. The topological polar surface area (TPSA) is 41.1 Å². The Hall–Kier alpha value is -1.30. The molecule has 2 aromatic rings. The first-order valence-corrected chi connectivity index (χ1v) is 7.09. The first kappa shape index (κ1) is 11.8. The number of aromatic nitrogens is 2. The van der Waals surface area contributed by atoms with Crippen molar-refractivity contribution in [3.8, 4) is 10.7 Å². The fourth-order valence-electron chi connectivity index (χ4n) is 2.08. The molecule has 1 saturated heterocycles. The average molecular weight is 260 g/mol. The number of rotatable bonds is 3. The van der Waals surface area contributed by atoms with Gasteiger partial charge in [-0.25, -0.2) is 4.98 Å². The molecule has 5 heteroatoms. The van der Waals surface area contributed by atoms with Crippen molar-refractivity contribution >= 4 is 11.3 Å². The van der Waals surface area contributed by atoms with Crippen LogP contribution < -0.4 is 5.32 Å². The quantitative estimate of drug-likeness (QED) is 0.910. The zero-order valence-electron chi connectivity index (χ0n) is 10.2. The van der Waals surface area contributed by atoms with Crippen molar-refractivity contribution in [3.05, 3.63) is 35.5 Å².